The molecule has 0 aliphatic carbocycles. The van der Waals surface area contributed by atoms with E-state index in [0.717, 1.165) is 22.0 Å². The number of fused-ring (bicyclic) bond motifs is 1. The Bertz CT molecular complexity index is 1050. The highest BCUT2D eigenvalue weighted by molar-refractivity contribution is 7.20. The topological polar surface area (TPSA) is 116 Å². The summed E-state index contributed by atoms with van der Waals surface area (Å²) in [6, 6.07) is 3.70. The van der Waals surface area contributed by atoms with Crippen LogP contribution in [0.3, 0.4) is 0 Å². The van der Waals surface area contributed by atoms with Crippen molar-refractivity contribution in [2.75, 3.05) is 21.3 Å². The lowest BCUT2D eigenvalue weighted by Crippen LogP contribution is -3.06. The molecule has 0 amide bonds. The second kappa shape index (κ2) is 8.36. The average molecular weight is 406 g/mol. The number of furan rings is 1. The Morgan fingerprint density at radius 3 is 2.71 bits per heavy atom. The number of carbonyl (C=O) groups excluding carboxylic acids is 2. The smallest absolute Gasteiger partial charge is 0.348 e. The van der Waals surface area contributed by atoms with Crippen LogP contribution in [0.1, 0.15) is 26.8 Å². The number of nitrogens with one attached hydrogen (secondary N) is 2. The summed E-state index contributed by atoms with van der Waals surface area (Å²) in [4.78, 5) is 45.4. The minimum Gasteiger partial charge on any atom is -0.469 e. The van der Waals surface area contributed by atoms with E-state index in [1.54, 1.807) is 6.26 Å². The van der Waals surface area contributed by atoms with Crippen molar-refractivity contribution in [2.45, 2.75) is 19.5 Å². The van der Waals surface area contributed by atoms with E-state index in [1.807, 2.05) is 19.2 Å². The van der Waals surface area contributed by atoms with Gasteiger partial charge in [0.05, 0.1) is 39.3 Å². The molecule has 148 valence electrons. The zero-order chi connectivity index (χ0) is 20.3. The lowest BCUT2D eigenvalue weighted by molar-refractivity contribution is -0.909. The largest absolute Gasteiger partial charge is 0.469 e. The fourth-order valence-corrected chi connectivity index (χ4v) is 4.03. The summed E-state index contributed by atoms with van der Waals surface area (Å²) >= 11 is 1.03. The van der Waals surface area contributed by atoms with Crippen LogP contribution in [0.4, 0.5) is 0 Å². The number of quaternary nitrogens is 1. The predicted molar refractivity (Wildman–Crippen MR) is 100 cm³/mol. The van der Waals surface area contributed by atoms with Gasteiger partial charge in [-0.2, -0.15) is 0 Å². The quantitative estimate of drug-likeness (QED) is 0.542. The van der Waals surface area contributed by atoms with Crippen LogP contribution < -0.4 is 10.5 Å². The van der Waals surface area contributed by atoms with E-state index < -0.39 is 17.5 Å². The van der Waals surface area contributed by atoms with E-state index in [4.69, 9.17) is 9.15 Å². The Morgan fingerprint density at radius 2 is 2.07 bits per heavy atom. The summed E-state index contributed by atoms with van der Waals surface area (Å²) in [5.74, 6) is 0.119. The molecule has 0 saturated carbocycles. The van der Waals surface area contributed by atoms with Gasteiger partial charge in [-0.05, 0) is 12.1 Å². The molecule has 28 heavy (non-hydrogen) atoms. The van der Waals surface area contributed by atoms with Crippen LogP contribution in [0, 0.1) is 0 Å². The Morgan fingerprint density at radius 1 is 1.29 bits per heavy atom. The van der Waals surface area contributed by atoms with Gasteiger partial charge in [0.15, 0.2) is 11.6 Å². The molecule has 3 aromatic rings. The number of hydrogen-bond acceptors (Lipinski definition) is 8. The number of methoxy groups -OCH3 is 2. The third-order valence-electron chi connectivity index (χ3n) is 4.15. The summed E-state index contributed by atoms with van der Waals surface area (Å²) in [5, 5.41) is 0.211. The van der Waals surface area contributed by atoms with E-state index in [9.17, 15) is 14.4 Å². The van der Waals surface area contributed by atoms with Crippen molar-refractivity contribution < 1.29 is 28.4 Å². The number of thiophene rings is 1. The van der Waals surface area contributed by atoms with E-state index in [2.05, 4.69) is 14.7 Å². The molecule has 0 spiro atoms. The van der Waals surface area contributed by atoms with E-state index >= 15 is 0 Å². The van der Waals surface area contributed by atoms with Crippen LogP contribution in [-0.4, -0.2) is 43.2 Å². The second-order valence-corrected chi connectivity index (χ2v) is 7.24. The molecule has 3 aromatic heterocycles. The third kappa shape index (κ3) is 4.12. The normalized spacial score (nSPS) is 12.1. The number of aromatic nitrogens is 2. The Kier molecular flexibility index (Phi) is 5.90. The standard InChI is InChI=1S/C18H19N3O6S/c1-21(8-10-5-4-6-27-10)9-12-19-16(23)14-11(7-13(22)25-2)15(18(24)26-3)28-17(14)20-12/h4-6H,7-9H2,1-3H3,(H,19,20,23)/p+1. The van der Waals surface area contributed by atoms with Gasteiger partial charge < -0.3 is 23.8 Å². The monoisotopic (exact) mass is 406 g/mol. The van der Waals surface area contributed by atoms with Gasteiger partial charge in [-0.1, -0.05) is 0 Å². The number of hydrogen-bond donors (Lipinski definition) is 2. The first-order valence-corrected chi connectivity index (χ1v) is 9.28. The molecular weight excluding hydrogens is 386 g/mol. The van der Waals surface area contributed by atoms with Crippen molar-refractivity contribution in [3.8, 4) is 0 Å². The van der Waals surface area contributed by atoms with Crippen molar-refractivity contribution in [1.82, 2.24) is 9.97 Å². The number of H-pyrrole nitrogens is 1. The number of esters is 2. The molecule has 3 heterocycles. The highest BCUT2D eigenvalue weighted by atomic mass is 32.1. The zero-order valence-corrected chi connectivity index (χ0v) is 16.5. The maximum absolute atomic E-state index is 12.7. The van der Waals surface area contributed by atoms with E-state index in [-0.39, 0.29) is 22.2 Å². The fourth-order valence-electron chi connectivity index (χ4n) is 2.89. The maximum atomic E-state index is 12.7. The van der Waals surface area contributed by atoms with Crippen LogP contribution in [0.15, 0.2) is 27.6 Å². The lowest BCUT2D eigenvalue weighted by Gasteiger charge is -2.11. The van der Waals surface area contributed by atoms with Gasteiger partial charge in [0.2, 0.25) is 0 Å². The van der Waals surface area contributed by atoms with Crippen molar-refractivity contribution in [3.05, 3.63) is 50.8 Å². The SMILES string of the molecule is COC(=O)Cc1c(C(=O)OC)sc2nc(C[NH+](C)Cc3ccco3)[nH]c(=O)c12. The van der Waals surface area contributed by atoms with Crippen LogP contribution in [0.5, 0.6) is 0 Å². The fraction of sp³-hybridized carbons (Fsp3) is 0.333. The highest BCUT2D eigenvalue weighted by Gasteiger charge is 2.25. The molecule has 0 bridgehead atoms. The molecule has 0 aromatic carbocycles. The molecule has 1 atom stereocenters. The predicted octanol–water partition coefficient (Wildman–Crippen LogP) is 0.295. The second-order valence-electron chi connectivity index (χ2n) is 6.24. The first kappa shape index (κ1) is 19.8. The molecule has 10 heteroatoms. The minimum atomic E-state index is -0.622. The molecule has 0 fully saturated rings. The summed E-state index contributed by atoms with van der Waals surface area (Å²) < 4.78 is 14.8. The van der Waals surface area contributed by atoms with Gasteiger partial charge >= 0.3 is 11.9 Å². The molecule has 2 N–H and O–H groups in total. The number of carbonyl (C=O) groups is 2. The van der Waals surface area contributed by atoms with Crippen LogP contribution in [-0.2, 0) is 33.8 Å². The van der Waals surface area contributed by atoms with Crippen LogP contribution in [0.25, 0.3) is 10.2 Å². The molecular formula is C18H20N3O6S+. The molecule has 0 radical (unpaired) electrons. The minimum absolute atomic E-state index is 0.175. The van der Waals surface area contributed by atoms with Gasteiger partial charge in [0.25, 0.3) is 5.56 Å². The highest BCUT2D eigenvalue weighted by Crippen LogP contribution is 2.29. The Balaban J connectivity index is 1.97. The van der Waals surface area contributed by atoms with E-state index in [1.165, 1.54) is 14.2 Å². The maximum Gasteiger partial charge on any atom is 0.348 e. The Labute approximate surface area is 163 Å². The Hall–Kier alpha value is -2.98. The summed E-state index contributed by atoms with van der Waals surface area (Å²) in [7, 11) is 4.43. The van der Waals surface area contributed by atoms with Gasteiger partial charge in [-0.15, -0.1) is 11.3 Å². The van der Waals surface area contributed by atoms with Gasteiger partial charge in [0.1, 0.15) is 22.8 Å². The number of ether oxygens (including phenoxy) is 2. The number of aromatic amines is 1. The molecule has 0 aliphatic rings. The summed E-state index contributed by atoms with van der Waals surface area (Å²) in [6.45, 7) is 1.07. The molecule has 0 aliphatic heterocycles. The first-order valence-electron chi connectivity index (χ1n) is 8.46. The molecule has 1 unspecified atom stereocenters. The molecule has 9 nitrogen and oxygen atoms in total. The van der Waals surface area contributed by atoms with E-state index in [0.29, 0.717) is 23.7 Å². The van der Waals surface area contributed by atoms with Crippen molar-refractivity contribution in [2.24, 2.45) is 0 Å². The van der Waals surface area contributed by atoms with Crippen molar-refractivity contribution in [3.63, 3.8) is 0 Å². The number of rotatable bonds is 7. The zero-order valence-electron chi connectivity index (χ0n) is 15.7. The first-order chi connectivity index (χ1) is 13.4. The molecule has 3 rings (SSSR count). The third-order valence-corrected chi connectivity index (χ3v) is 5.26. The lowest BCUT2D eigenvalue weighted by atomic mass is 10.1. The summed E-state index contributed by atoms with van der Waals surface area (Å²) in [6.07, 6.45) is 1.40. The number of nitrogens with zero attached hydrogens (tertiary/aromatic N) is 1. The van der Waals surface area contributed by atoms with Gasteiger partial charge in [-0.25, -0.2) is 9.78 Å². The van der Waals surface area contributed by atoms with Crippen molar-refractivity contribution >= 4 is 33.5 Å². The van der Waals surface area contributed by atoms with Crippen molar-refractivity contribution in [1.29, 1.82) is 0 Å². The molecule has 0 saturated heterocycles. The average Bonchev–Trinajstić information content (AvgIpc) is 3.29. The summed E-state index contributed by atoms with van der Waals surface area (Å²) in [5.41, 5.74) is -0.133. The van der Waals surface area contributed by atoms with Crippen LogP contribution >= 0.6 is 11.3 Å². The van der Waals surface area contributed by atoms with Crippen LogP contribution in [0.2, 0.25) is 0 Å². The van der Waals surface area contributed by atoms with Gasteiger partial charge in [-0.3, -0.25) is 9.59 Å². The van der Waals surface area contributed by atoms with Gasteiger partial charge in [0, 0.05) is 5.56 Å².